The van der Waals surface area contributed by atoms with E-state index in [2.05, 4.69) is 15.4 Å². The summed E-state index contributed by atoms with van der Waals surface area (Å²) >= 11 is 5.79. The van der Waals surface area contributed by atoms with Gasteiger partial charge in [0.2, 0.25) is 0 Å². The number of aryl methyl sites for hydroxylation is 2. The van der Waals surface area contributed by atoms with Gasteiger partial charge in [-0.25, -0.2) is 9.37 Å². The molecular weight excluding hydrogens is 343 g/mol. The zero-order valence-electron chi connectivity index (χ0n) is 13.8. The number of hydrogen-bond acceptors (Lipinski definition) is 3. The Kier molecular flexibility index (Phi) is 3.72. The molecule has 0 spiro atoms. The number of pyridine rings is 1. The molecule has 4 rings (SSSR count). The highest BCUT2D eigenvalue weighted by atomic mass is 35.5. The Morgan fingerprint density at radius 2 is 2.12 bits per heavy atom. The third-order valence-corrected chi connectivity index (χ3v) is 4.70. The topological polar surface area (TPSA) is 59.8 Å². The number of hydrogen-bond donors (Lipinski definition) is 1. The summed E-state index contributed by atoms with van der Waals surface area (Å²) in [6, 6.07) is 5.95. The van der Waals surface area contributed by atoms with Gasteiger partial charge in [0.1, 0.15) is 5.82 Å². The maximum atomic E-state index is 13.3. The van der Waals surface area contributed by atoms with Crippen molar-refractivity contribution in [3.63, 3.8) is 0 Å². The molecule has 1 aromatic carbocycles. The van der Waals surface area contributed by atoms with E-state index < -0.39 is 5.82 Å². The maximum absolute atomic E-state index is 13.3. The number of fused-ring (bicyclic) bond motifs is 1. The lowest BCUT2D eigenvalue weighted by Gasteiger charge is -2.09. The van der Waals surface area contributed by atoms with Crippen molar-refractivity contribution in [3.05, 3.63) is 52.1 Å². The predicted molar refractivity (Wildman–Crippen MR) is 94.6 cm³/mol. The van der Waals surface area contributed by atoms with Gasteiger partial charge in [0.15, 0.2) is 5.65 Å². The second kappa shape index (κ2) is 5.81. The van der Waals surface area contributed by atoms with Crippen molar-refractivity contribution in [2.24, 2.45) is 7.05 Å². The van der Waals surface area contributed by atoms with Crippen LogP contribution in [-0.4, -0.2) is 20.7 Å². The van der Waals surface area contributed by atoms with Crippen LogP contribution in [-0.2, 0) is 7.05 Å². The molecule has 25 heavy (non-hydrogen) atoms. The molecule has 0 aliphatic heterocycles. The van der Waals surface area contributed by atoms with E-state index in [9.17, 15) is 9.18 Å². The SMILES string of the molecule is Cc1nn(C)c2nc(C3CC3)cc(C(=O)Nc3ccc(F)c(Cl)c3)c12. The van der Waals surface area contributed by atoms with Crippen molar-refractivity contribution < 1.29 is 9.18 Å². The highest BCUT2D eigenvalue weighted by molar-refractivity contribution is 6.31. The van der Waals surface area contributed by atoms with Gasteiger partial charge >= 0.3 is 0 Å². The normalized spacial score (nSPS) is 14.1. The minimum absolute atomic E-state index is 0.0334. The predicted octanol–water partition coefficient (Wildman–Crippen LogP) is 4.20. The number of aromatic nitrogens is 3. The third kappa shape index (κ3) is 2.87. The van der Waals surface area contributed by atoms with Crippen LogP contribution >= 0.6 is 11.6 Å². The van der Waals surface area contributed by atoms with Gasteiger partial charge in [-0.15, -0.1) is 0 Å². The molecule has 0 bridgehead atoms. The zero-order valence-corrected chi connectivity index (χ0v) is 14.6. The molecule has 1 fully saturated rings. The number of anilines is 1. The maximum Gasteiger partial charge on any atom is 0.256 e. The first-order chi connectivity index (χ1) is 11.9. The van der Waals surface area contributed by atoms with E-state index in [0.29, 0.717) is 22.8 Å². The van der Waals surface area contributed by atoms with Crippen LogP contribution in [0.5, 0.6) is 0 Å². The van der Waals surface area contributed by atoms with E-state index in [1.807, 2.05) is 20.0 Å². The van der Waals surface area contributed by atoms with Crippen LogP contribution in [0.3, 0.4) is 0 Å². The third-order valence-electron chi connectivity index (χ3n) is 4.41. The standard InChI is InChI=1S/C18H16ClFN4O/c1-9-16-12(18(25)21-11-5-6-14(20)13(19)7-11)8-15(10-3-4-10)22-17(16)24(2)23-9/h5-8,10H,3-4H2,1-2H3,(H,21,25). The van der Waals surface area contributed by atoms with Crippen LogP contribution in [0.25, 0.3) is 11.0 Å². The van der Waals surface area contributed by atoms with E-state index in [1.54, 1.807) is 4.68 Å². The van der Waals surface area contributed by atoms with Gasteiger partial charge in [-0.1, -0.05) is 11.6 Å². The number of rotatable bonds is 3. The summed E-state index contributed by atoms with van der Waals surface area (Å²) in [7, 11) is 1.82. The molecule has 1 aliphatic carbocycles. The first-order valence-corrected chi connectivity index (χ1v) is 8.42. The smallest absolute Gasteiger partial charge is 0.256 e. The molecule has 7 heteroatoms. The van der Waals surface area contributed by atoms with Crippen molar-refractivity contribution >= 4 is 34.2 Å². The van der Waals surface area contributed by atoms with Crippen molar-refractivity contribution in [1.82, 2.24) is 14.8 Å². The van der Waals surface area contributed by atoms with Crippen molar-refractivity contribution in [2.75, 3.05) is 5.32 Å². The number of carbonyl (C=O) groups excluding carboxylic acids is 1. The zero-order chi connectivity index (χ0) is 17.7. The Balaban J connectivity index is 1.78. The average Bonchev–Trinajstić information content (AvgIpc) is 3.37. The lowest BCUT2D eigenvalue weighted by molar-refractivity contribution is 0.102. The lowest BCUT2D eigenvalue weighted by atomic mass is 10.1. The second-order valence-corrected chi connectivity index (χ2v) is 6.77. The summed E-state index contributed by atoms with van der Waals surface area (Å²) in [6.07, 6.45) is 2.17. The van der Waals surface area contributed by atoms with E-state index in [4.69, 9.17) is 11.6 Å². The quantitative estimate of drug-likeness (QED) is 0.763. The van der Waals surface area contributed by atoms with E-state index in [0.717, 1.165) is 29.6 Å². The molecule has 0 radical (unpaired) electrons. The van der Waals surface area contributed by atoms with Crippen LogP contribution < -0.4 is 5.32 Å². The highest BCUT2D eigenvalue weighted by Gasteiger charge is 2.28. The van der Waals surface area contributed by atoms with E-state index >= 15 is 0 Å². The van der Waals surface area contributed by atoms with Crippen LogP contribution in [0.4, 0.5) is 10.1 Å². The molecule has 1 aliphatic rings. The Morgan fingerprint density at radius 1 is 1.36 bits per heavy atom. The van der Waals surface area contributed by atoms with Gasteiger partial charge in [-0.3, -0.25) is 9.48 Å². The van der Waals surface area contributed by atoms with Crippen molar-refractivity contribution in [1.29, 1.82) is 0 Å². The minimum atomic E-state index is -0.523. The molecule has 3 aromatic rings. The van der Waals surface area contributed by atoms with Crippen LogP contribution in [0, 0.1) is 12.7 Å². The summed E-state index contributed by atoms with van der Waals surface area (Å²) in [5.41, 5.74) is 3.32. The highest BCUT2D eigenvalue weighted by Crippen LogP contribution is 2.40. The summed E-state index contributed by atoms with van der Waals surface area (Å²) in [5.74, 6) is -0.399. The first-order valence-electron chi connectivity index (χ1n) is 8.04. The number of amides is 1. The molecule has 0 saturated heterocycles. The number of nitrogens with zero attached hydrogens (tertiary/aromatic N) is 3. The van der Waals surface area contributed by atoms with Crippen LogP contribution in [0.15, 0.2) is 24.3 Å². The molecule has 2 aromatic heterocycles. The van der Waals surface area contributed by atoms with Crippen molar-refractivity contribution in [2.45, 2.75) is 25.7 Å². The second-order valence-electron chi connectivity index (χ2n) is 6.36. The molecular formula is C18H16ClFN4O. The van der Waals surface area contributed by atoms with Gasteiger partial charge < -0.3 is 5.32 Å². The summed E-state index contributed by atoms with van der Waals surface area (Å²) < 4.78 is 15.0. The molecule has 1 amide bonds. The molecule has 128 valence electrons. The fourth-order valence-corrected chi connectivity index (χ4v) is 3.18. The molecule has 2 heterocycles. The van der Waals surface area contributed by atoms with Crippen molar-refractivity contribution in [3.8, 4) is 0 Å². The fraction of sp³-hybridized carbons (Fsp3) is 0.278. The molecule has 1 saturated carbocycles. The fourth-order valence-electron chi connectivity index (χ4n) is 3.00. The van der Waals surface area contributed by atoms with E-state index in [1.165, 1.54) is 18.2 Å². The lowest BCUT2D eigenvalue weighted by Crippen LogP contribution is -2.14. The van der Waals surface area contributed by atoms with Gasteiger partial charge in [0.25, 0.3) is 5.91 Å². The Morgan fingerprint density at radius 3 is 2.80 bits per heavy atom. The average molecular weight is 359 g/mol. The van der Waals surface area contributed by atoms with Crippen LogP contribution in [0.2, 0.25) is 5.02 Å². The first kappa shape index (κ1) is 16.0. The number of halogens is 2. The molecule has 0 unspecified atom stereocenters. The van der Waals surface area contributed by atoms with Gasteiger partial charge in [0.05, 0.1) is 21.7 Å². The largest absolute Gasteiger partial charge is 0.322 e. The van der Waals surface area contributed by atoms with Gasteiger partial charge in [-0.05, 0) is 44.0 Å². The Labute approximate surface area is 148 Å². The monoisotopic (exact) mass is 358 g/mol. The molecule has 5 nitrogen and oxygen atoms in total. The van der Waals surface area contributed by atoms with Gasteiger partial charge in [-0.2, -0.15) is 5.10 Å². The Bertz CT molecular complexity index is 1010. The van der Waals surface area contributed by atoms with Crippen LogP contribution in [0.1, 0.15) is 40.5 Å². The molecule has 0 atom stereocenters. The summed E-state index contributed by atoms with van der Waals surface area (Å²) in [6.45, 7) is 1.85. The molecule has 1 N–H and O–H groups in total. The minimum Gasteiger partial charge on any atom is -0.322 e. The number of benzene rings is 1. The number of nitrogens with one attached hydrogen (secondary N) is 1. The van der Waals surface area contributed by atoms with E-state index in [-0.39, 0.29) is 10.9 Å². The van der Waals surface area contributed by atoms with Gasteiger partial charge in [0, 0.05) is 24.3 Å². The number of carbonyl (C=O) groups is 1. The summed E-state index contributed by atoms with van der Waals surface area (Å²) in [4.78, 5) is 17.6. The summed E-state index contributed by atoms with van der Waals surface area (Å²) in [5, 5.41) is 7.88. The Hall–Kier alpha value is -2.47.